The molecule has 0 aliphatic carbocycles. The monoisotopic (exact) mass is 333 g/mol. The first-order chi connectivity index (χ1) is 11.1. The van der Waals surface area contributed by atoms with Crippen LogP contribution in [0.2, 0.25) is 0 Å². The largest absolute Gasteiger partial charge is 0.462 e. The first-order valence-corrected chi connectivity index (χ1v) is 8.38. The minimum absolute atomic E-state index is 0.143. The average Bonchev–Trinajstić information content (AvgIpc) is 2.92. The van der Waals surface area contributed by atoms with E-state index in [1.54, 1.807) is 12.2 Å². The van der Waals surface area contributed by atoms with Crippen molar-refractivity contribution in [2.75, 3.05) is 25.5 Å². The van der Waals surface area contributed by atoms with Gasteiger partial charge in [-0.25, -0.2) is 4.79 Å². The second-order valence-electron chi connectivity index (χ2n) is 5.10. The predicted molar refractivity (Wildman–Crippen MR) is 91.8 cm³/mol. The lowest BCUT2D eigenvalue weighted by atomic mass is 10.0. The fourth-order valence-corrected chi connectivity index (χ4v) is 3.14. The topological polar surface area (TPSA) is 72.0 Å². The number of rotatable bonds is 6. The molecule has 6 heteroatoms. The number of amides is 1. The summed E-state index contributed by atoms with van der Waals surface area (Å²) in [5.74, 6) is -0.560. The van der Waals surface area contributed by atoms with Gasteiger partial charge in [-0.05, 0) is 19.4 Å². The Balaban J connectivity index is 2.42. The molecular weight excluding hydrogens is 312 g/mol. The van der Waals surface area contributed by atoms with Gasteiger partial charge in [-0.1, -0.05) is 29.8 Å². The molecule has 1 aromatic heterocycles. The number of likely N-dealkylation sites (N-methyl/N-ethyl adjacent to an activating group) is 1. The average molecular weight is 333 g/mol. The van der Waals surface area contributed by atoms with Crippen LogP contribution in [0.4, 0.5) is 5.00 Å². The Morgan fingerprint density at radius 2 is 1.96 bits per heavy atom. The number of ether oxygens (including phenoxy) is 1. The molecule has 23 heavy (non-hydrogen) atoms. The molecule has 0 unspecified atom stereocenters. The molecule has 1 amide bonds. The van der Waals surface area contributed by atoms with Crippen molar-refractivity contribution in [3.8, 4) is 11.1 Å². The van der Waals surface area contributed by atoms with Gasteiger partial charge in [0, 0.05) is 10.9 Å². The summed E-state index contributed by atoms with van der Waals surface area (Å²) in [5, 5.41) is 6.98. The van der Waals surface area contributed by atoms with Crippen LogP contribution in [0.15, 0.2) is 29.6 Å². The Kier molecular flexibility index (Phi) is 5.90. The molecule has 0 fully saturated rings. The van der Waals surface area contributed by atoms with Crippen LogP contribution in [-0.2, 0) is 9.53 Å². The van der Waals surface area contributed by atoms with Crippen LogP contribution >= 0.6 is 11.3 Å². The SMILES string of the molecule is CCOC(=O)c1c(-c2ccc(C)cc2)csc1NC(=O)C[NH2+]C. The molecule has 0 spiro atoms. The van der Waals surface area contributed by atoms with E-state index in [-0.39, 0.29) is 12.5 Å². The number of hydrogen-bond donors (Lipinski definition) is 2. The Morgan fingerprint density at radius 1 is 1.26 bits per heavy atom. The summed E-state index contributed by atoms with van der Waals surface area (Å²) in [6.07, 6.45) is 0. The summed E-state index contributed by atoms with van der Waals surface area (Å²) >= 11 is 1.34. The molecule has 1 heterocycles. The Bertz CT molecular complexity index is 692. The van der Waals surface area contributed by atoms with Crippen LogP contribution in [0.5, 0.6) is 0 Å². The summed E-state index contributed by atoms with van der Waals surface area (Å²) in [6.45, 7) is 4.37. The predicted octanol–water partition coefficient (Wildman–Crippen LogP) is 2.03. The van der Waals surface area contributed by atoms with Crippen LogP contribution < -0.4 is 10.6 Å². The summed E-state index contributed by atoms with van der Waals surface area (Å²) in [7, 11) is 1.82. The van der Waals surface area contributed by atoms with Crippen LogP contribution in [0.1, 0.15) is 22.8 Å². The Labute approximate surface area is 139 Å². The summed E-state index contributed by atoms with van der Waals surface area (Å²) in [4.78, 5) is 24.2. The minimum atomic E-state index is -0.417. The Hall–Kier alpha value is -2.18. The molecule has 122 valence electrons. The zero-order valence-electron chi connectivity index (χ0n) is 13.5. The first-order valence-electron chi connectivity index (χ1n) is 7.50. The van der Waals surface area contributed by atoms with E-state index in [0.29, 0.717) is 17.1 Å². The second-order valence-corrected chi connectivity index (χ2v) is 5.98. The maximum Gasteiger partial charge on any atom is 0.341 e. The van der Waals surface area contributed by atoms with Gasteiger partial charge in [-0.2, -0.15) is 0 Å². The summed E-state index contributed by atoms with van der Waals surface area (Å²) < 4.78 is 5.16. The molecule has 0 atom stereocenters. The molecule has 0 bridgehead atoms. The number of thiophene rings is 1. The van der Waals surface area contributed by atoms with E-state index in [4.69, 9.17) is 4.74 Å². The van der Waals surface area contributed by atoms with E-state index < -0.39 is 5.97 Å². The van der Waals surface area contributed by atoms with Crippen molar-refractivity contribution in [1.29, 1.82) is 0 Å². The minimum Gasteiger partial charge on any atom is -0.462 e. The van der Waals surface area contributed by atoms with Crippen molar-refractivity contribution in [3.63, 3.8) is 0 Å². The van der Waals surface area contributed by atoms with Gasteiger partial charge >= 0.3 is 5.97 Å². The first kappa shape index (κ1) is 17.2. The molecule has 3 N–H and O–H groups in total. The molecule has 0 saturated carbocycles. The van der Waals surface area contributed by atoms with Gasteiger partial charge in [0.2, 0.25) is 0 Å². The van der Waals surface area contributed by atoms with Crippen molar-refractivity contribution >= 4 is 28.2 Å². The molecule has 0 aliphatic rings. The highest BCUT2D eigenvalue weighted by Gasteiger charge is 2.22. The van der Waals surface area contributed by atoms with Crippen LogP contribution in [-0.4, -0.2) is 32.1 Å². The quantitative estimate of drug-likeness (QED) is 0.795. The van der Waals surface area contributed by atoms with Crippen LogP contribution in [0.3, 0.4) is 0 Å². The van der Waals surface area contributed by atoms with Crippen molar-refractivity contribution in [3.05, 3.63) is 40.8 Å². The number of anilines is 1. The second kappa shape index (κ2) is 7.89. The van der Waals surface area contributed by atoms with Crippen molar-refractivity contribution < 1.29 is 19.6 Å². The smallest absolute Gasteiger partial charge is 0.341 e. The van der Waals surface area contributed by atoms with Gasteiger partial charge in [-0.15, -0.1) is 11.3 Å². The number of nitrogens with one attached hydrogen (secondary N) is 1. The van der Waals surface area contributed by atoms with E-state index in [2.05, 4.69) is 5.32 Å². The van der Waals surface area contributed by atoms with E-state index in [0.717, 1.165) is 16.7 Å². The summed E-state index contributed by atoms with van der Waals surface area (Å²) in [6, 6.07) is 7.91. The summed E-state index contributed by atoms with van der Waals surface area (Å²) in [5.41, 5.74) is 3.28. The van der Waals surface area contributed by atoms with Gasteiger partial charge in [0.25, 0.3) is 5.91 Å². The standard InChI is InChI=1S/C17H20N2O3S/c1-4-22-17(21)15-13(12-7-5-11(2)6-8-12)10-23-16(15)19-14(20)9-18-3/h5-8,10,18H,4,9H2,1-3H3,(H,19,20)/p+1. The van der Waals surface area contributed by atoms with Gasteiger partial charge in [0.1, 0.15) is 10.6 Å². The lowest BCUT2D eigenvalue weighted by Crippen LogP contribution is -2.82. The van der Waals surface area contributed by atoms with E-state index in [9.17, 15) is 9.59 Å². The van der Waals surface area contributed by atoms with E-state index >= 15 is 0 Å². The third-order valence-corrected chi connectivity index (χ3v) is 4.17. The molecule has 0 aliphatic heterocycles. The highest BCUT2D eigenvalue weighted by Crippen LogP contribution is 2.36. The van der Waals surface area contributed by atoms with Gasteiger partial charge < -0.3 is 15.4 Å². The maximum absolute atomic E-state index is 12.4. The zero-order chi connectivity index (χ0) is 16.8. The number of carbonyl (C=O) groups is 2. The molecule has 1 aromatic carbocycles. The zero-order valence-corrected chi connectivity index (χ0v) is 14.3. The lowest BCUT2D eigenvalue weighted by Gasteiger charge is -2.08. The number of carbonyl (C=O) groups excluding carboxylic acids is 2. The number of aryl methyl sites for hydroxylation is 1. The van der Waals surface area contributed by atoms with Crippen molar-refractivity contribution in [2.24, 2.45) is 0 Å². The maximum atomic E-state index is 12.4. The van der Waals surface area contributed by atoms with E-state index in [1.165, 1.54) is 11.3 Å². The molecular formula is C17H21N2O3S+. The Morgan fingerprint density at radius 3 is 2.57 bits per heavy atom. The third-order valence-electron chi connectivity index (χ3n) is 3.28. The molecule has 2 rings (SSSR count). The number of nitrogens with two attached hydrogens (primary N) is 1. The highest BCUT2D eigenvalue weighted by atomic mass is 32.1. The molecule has 5 nitrogen and oxygen atoms in total. The number of hydrogen-bond acceptors (Lipinski definition) is 4. The normalized spacial score (nSPS) is 10.4. The number of esters is 1. The van der Waals surface area contributed by atoms with Gasteiger partial charge in [-0.3, -0.25) is 4.79 Å². The third kappa shape index (κ3) is 4.18. The van der Waals surface area contributed by atoms with Crippen LogP contribution in [0, 0.1) is 6.92 Å². The fraction of sp³-hybridized carbons (Fsp3) is 0.294. The van der Waals surface area contributed by atoms with Gasteiger partial charge in [0.05, 0.1) is 13.7 Å². The fourth-order valence-electron chi connectivity index (χ4n) is 2.16. The lowest BCUT2D eigenvalue weighted by molar-refractivity contribution is -0.615. The molecule has 0 radical (unpaired) electrons. The number of benzene rings is 1. The van der Waals surface area contributed by atoms with Crippen LogP contribution in [0.25, 0.3) is 11.1 Å². The van der Waals surface area contributed by atoms with Gasteiger partial charge in [0.15, 0.2) is 6.54 Å². The van der Waals surface area contributed by atoms with Crippen molar-refractivity contribution in [2.45, 2.75) is 13.8 Å². The molecule has 0 saturated heterocycles. The number of quaternary nitrogens is 1. The van der Waals surface area contributed by atoms with Crippen molar-refractivity contribution in [1.82, 2.24) is 0 Å². The van der Waals surface area contributed by atoms with E-state index in [1.807, 2.05) is 43.6 Å². The molecule has 2 aromatic rings. The highest BCUT2D eigenvalue weighted by molar-refractivity contribution is 7.15.